The fourth-order valence-electron chi connectivity index (χ4n) is 6.87. The molecule has 1 saturated heterocycles. The van der Waals surface area contributed by atoms with Gasteiger partial charge in [-0.1, -0.05) is 12.1 Å². The van der Waals surface area contributed by atoms with Gasteiger partial charge in [0.1, 0.15) is 11.5 Å². The molecule has 3 aromatic heterocycles. The summed E-state index contributed by atoms with van der Waals surface area (Å²) >= 11 is 0. The maximum absolute atomic E-state index is 13.7. The Hall–Kier alpha value is -4.41. The number of hydrogen-bond donors (Lipinski definition) is 3. The van der Waals surface area contributed by atoms with E-state index in [4.69, 9.17) is 0 Å². The van der Waals surface area contributed by atoms with Crippen molar-refractivity contribution in [3.63, 3.8) is 0 Å². The quantitative estimate of drug-likeness (QED) is 0.300. The summed E-state index contributed by atoms with van der Waals surface area (Å²) in [5.74, 6) is 0.598. The van der Waals surface area contributed by atoms with Crippen molar-refractivity contribution in [1.82, 2.24) is 19.4 Å². The largest absolute Gasteiger partial charge is 0.392 e. The van der Waals surface area contributed by atoms with Crippen molar-refractivity contribution < 1.29 is 9.90 Å². The SMILES string of the molecule is CN1CCN(c2ccc(Nc3cc(Cc4cccc(N5CCc6c(cc7n6CCCC7)C5=O)c4CO)c[nH]c3=O)nc2)CC1. The van der Waals surface area contributed by atoms with Gasteiger partial charge in [0, 0.05) is 74.5 Å². The summed E-state index contributed by atoms with van der Waals surface area (Å²) in [7, 11) is 2.13. The number of hydrogen-bond acceptors (Lipinski definition) is 7. The van der Waals surface area contributed by atoms with Crippen LogP contribution in [0.5, 0.6) is 0 Å². The van der Waals surface area contributed by atoms with Crippen LogP contribution in [0.4, 0.5) is 22.9 Å². The van der Waals surface area contributed by atoms with E-state index < -0.39 is 0 Å². The average Bonchev–Trinajstić information content (AvgIpc) is 3.43. The van der Waals surface area contributed by atoms with Gasteiger partial charge in [-0.3, -0.25) is 9.59 Å². The Morgan fingerprint density at radius 1 is 0.977 bits per heavy atom. The second kappa shape index (κ2) is 11.9. The summed E-state index contributed by atoms with van der Waals surface area (Å²) in [6, 6.07) is 13.7. The number of nitrogens with one attached hydrogen (secondary N) is 2. The van der Waals surface area contributed by atoms with Gasteiger partial charge in [-0.05, 0) is 74.2 Å². The lowest BCUT2D eigenvalue weighted by atomic mass is 9.97. The van der Waals surface area contributed by atoms with Gasteiger partial charge in [-0.15, -0.1) is 0 Å². The maximum atomic E-state index is 13.7. The molecule has 0 atom stereocenters. The third-order valence-corrected chi connectivity index (χ3v) is 9.34. The number of nitrogens with zero attached hydrogens (tertiary/aromatic N) is 5. The Bertz CT molecular complexity index is 1730. The van der Waals surface area contributed by atoms with Crippen LogP contribution in [0, 0.1) is 0 Å². The number of fused-ring (bicyclic) bond motifs is 3. The number of H-pyrrole nitrogens is 1. The first-order valence-electron chi connectivity index (χ1n) is 15.6. The fraction of sp³-hybridized carbons (Fsp3) is 0.382. The Morgan fingerprint density at radius 2 is 1.84 bits per heavy atom. The fourth-order valence-corrected chi connectivity index (χ4v) is 6.87. The molecular formula is C34H39N7O3. The molecule has 1 aromatic carbocycles. The molecule has 3 aliphatic rings. The zero-order chi connectivity index (χ0) is 30.2. The molecule has 3 aliphatic heterocycles. The van der Waals surface area contributed by atoms with Gasteiger partial charge >= 0.3 is 0 Å². The second-order valence-electron chi connectivity index (χ2n) is 12.1. The van der Waals surface area contributed by atoms with E-state index in [1.807, 2.05) is 47.5 Å². The summed E-state index contributed by atoms with van der Waals surface area (Å²) in [5.41, 5.74) is 7.71. The number of carbonyl (C=O) groups excluding carboxylic acids is 1. The van der Waals surface area contributed by atoms with Gasteiger partial charge in [0.25, 0.3) is 11.5 Å². The Morgan fingerprint density at radius 3 is 2.64 bits per heavy atom. The van der Waals surface area contributed by atoms with E-state index in [9.17, 15) is 14.7 Å². The van der Waals surface area contributed by atoms with Crippen LogP contribution in [0.1, 0.15) is 51.3 Å². The minimum Gasteiger partial charge on any atom is -0.392 e. The number of piperazine rings is 1. The average molecular weight is 594 g/mol. The molecule has 7 rings (SSSR count). The number of aromatic amines is 1. The highest BCUT2D eigenvalue weighted by molar-refractivity contribution is 6.08. The van der Waals surface area contributed by atoms with Crippen LogP contribution < -0.4 is 20.7 Å². The van der Waals surface area contributed by atoms with Gasteiger partial charge in [0.2, 0.25) is 0 Å². The number of pyridine rings is 2. The van der Waals surface area contributed by atoms with E-state index in [0.29, 0.717) is 24.5 Å². The van der Waals surface area contributed by atoms with Gasteiger partial charge in [-0.2, -0.15) is 0 Å². The highest BCUT2D eigenvalue weighted by Crippen LogP contribution is 2.33. The summed E-state index contributed by atoms with van der Waals surface area (Å²) in [6.45, 7) is 5.35. The number of carbonyl (C=O) groups is 1. The smallest absolute Gasteiger partial charge is 0.271 e. The number of aliphatic hydroxyl groups is 1. The lowest BCUT2D eigenvalue weighted by Gasteiger charge is -2.33. The topological polar surface area (TPSA) is 110 Å². The van der Waals surface area contributed by atoms with Gasteiger partial charge in [0.05, 0.1) is 24.1 Å². The Kier molecular flexibility index (Phi) is 7.69. The molecule has 10 nitrogen and oxygen atoms in total. The number of benzene rings is 1. The van der Waals surface area contributed by atoms with E-state index in [0.717, 1.165) is 91.3 Å². The van der Waals surface area contributed by atoms with Crippen LogP contribution in [-0.4, -0.2) is 70.2 Å². The number of aryl methyl sites for hydroxylation is 1. The molecule has 0 bridgehead atoms. The van der Waals surface area contributed by atoms with Crippen LogP contribution in [0.15, 0.2) is 59.7 Å². The predicted octanol–water partition coefficient (Wildman–Crippen LogP) is 3.69. The molecule has 0 aliphatic carbocycles. The molecule has 0 unspecified atom stereocenters. The maximum Gasteiger partial charge on any atom is 0.271 e. The molecule has 0 radical (unpaired) electrons. The minimum atomic E-state index is -0.236. The van der Waals surface area contributed by atoms with Gasteiger partial charge in [-0.25, -0.2) is 4.98 Å². The monoisotopic (exact) mass is 593 g/mol. The van der Waals surface area contributed by atoms with Crippen LogP contribution in [0.25, 0.3) is 0 Å². The van der Waals surface area contributed by atoms with Gasteiger partial charge < -0.3 is 34.7 Å². The van der Waals surface area contributed by atoms with Crippen molar-refractivity contribution in [2.24, 2.45) is 0 Å². The van der Waals surface area contributed by atoms with Crippen molar-refractivity contribution in [2.45, 2.75) is 45.3 Å². The second-order valence-corrected chi connectivity index (χ2v) is 12.1. The third-order valence-electron chi connectivity index (χ3n) is 9.34. The number of anilines is 4. The van der Waals surface area contributed by atoms with Crippen molar-refractivity contribution >= 4 is 28.8 Å². The van der Waals surface area contributed by atoms with Crippen LogP contribution in [0.3, 0.4) is 0 Å². The number of likely N-dealkylation sites (N-methyl/N-ethyl adjacent to an activating group) is 1. The van der Waals surface area contributed by atoms with Crippen molar-refractivity contribution in [2.75, 3.05) is 54.9 Å². The lowest BCUT2D eigenvalue weighted by Crippen LogP contribution is -2.44. The molecular weight excluding hydrogens is 554 g/mol. The highest BCUT2D eigenvalue weighted by atomic mass is 16.3. The Labute approximate surface area is 256 Å². The van der Waals surface area contributed by atoms with Crippen LogP contribution >= 0.6 is 0 Å². The van der Waals surface area contributed by atoms with E-state index >= 15 is 0 Å². The molecule has 3 N–H and O–H groups in total. The van der Waals surface area contributed by atoms with Crippen molar-refractivity contribution in [3.8, 4) is 0 Å². The van der Waals surface area contributed by atoms with E-state index in [2.05, 4.69) is 42.8 Å². The Balaban J connectivity index is 1.10. The standard InChI is InChI=1S/C34H39N7O3/c1-38-13-15-39(16-14-38)26-8-9-32(35-21-26)37-29-18-23(20-36-33(29)43)17-24-5-4-7-30(28(24)22-42)41-12-10-31-27(34(41)44)19-25-6-2-3-11-40(25)31/h4-5,7-9,18-21,42H,2-3,6,10-17,22H2,1H3,(H,35,37)(H,36,43). The number of rotatable bonds is 7. The molecule has 1 amide bonds. The zero-order valence-electron chi connectivity index (χ0n) is 25.2. The summed E-state index contributed by atoms with van der Waals surface area (Å²) in [6.07, 6.45) is 8.18. The van der Waals surface area contributed by atoms with Gasteiger partial charge in [0.15, 0.2) is 0 Å². The number of aromatic nitrogens is 3. The molecule has 6 heterocycles. The molecule has 4 aromatic rings. The first-order valence-corrected chi connectivity index (χ1v) is 15.6. The summed E-state index contributed by atoms with van der Waals surface area (Å²) < 4.78 is 2.34. The van der Waals surface area contributed by atoms with Crippen LogP contribution in [-0.2, 0) is 32.4 Å². The van der Waals surface area contributed by atoms with Crippen LogP contribution in [0.2, 0.25) is 0 Å². The molecule has 0 spiro atoms. The van der Waals surface area contributed by atoms with Crippen molar-refractivity contribution in [1.29, 1.82) is 0 Å². The summed E-state index contributed by atoms with van der Waals surface area (Å²) in [5, 5.41) is 13.7. The molecule has 228 valence electrons. The van der Waals surface area contributed by atoms with E-state index in [1.54, 1.807) is 6.20 Å². The molecule has 44 heavy (non-hydrogen) atoms. The first-order chi connectivity index (χ1) is 21.5. The predicted molar refractivity (Wildman–Crippen MR) is 172 cm³/mol. The number of aliphatic hydroxyl groups excluding tert-OH is 1. The van der Waals surface area contributed by atoms with E-state index in [-0.39, 0.29) is 18.1 Å². The zero-order valence-corrected chi connectivity index (χ0v) is 25.2. The molecule has 1 fully saturated rings. The number of amides is 1. The first kappa shape index (κ1) is 28.4. The van der Waals surface area contributed by atoms with E-state index in [1.165, 1.54) is 12.1 Å². The lowest BCUT2D eigenvalue weighted by molar-refractivity contribution is 0.0979. The van der Waals surface area contributed by atoms with Crippen molar-refractivity contribution in [3.05, 3.63) is 98.9 Å². The molecule has 0 saturated carbocycles. The minimum absolute atomic E-state index is 0.00155. The normalized spacial score (nSPS) is 17.0. The molecule has 10 heteroatoms. The highest BCUT2D eigenvalue weighted by Gasteiger charge is 2.32. The third kappa shape index (κ3) is 5.39. The summed E-state index contributed by atoms with van der Waals surface area (Å²) in [4.78, 5) is 40.3.